The molecule has 7 heteroatoms. The third-order valence-electron chi connectivity index (χ3n) is 4.18. The van der Waals surface area contributed by atoms with Crippen LogP contribution in [0.3, 0.4) is 0 Å². The van der Waals surface area contributed by atoms with E-state index in [9.17, 15) is 13.2 Å². The molecule has 1 aromatic carbocycles. The maximum atomic E-state index is 12.3. The Balaban J connectivity index is 1.71. The number of carbonyl (C=O) groups is 1. The number of ether oxygens (including phenoxy) is 1. The number of nitrogens with zero attached hydrogens (tertiary/aromatic N) is 1. The van der Waals surface area contributed by atoms with Gasteiger partial charge in [0.15, 0.2) is 9.84 Å². The number of piperidine rings is 1. The smallest absolute Gasteiger partial charge is 0.226 e. The van der Waals surface area contributed by atoms with Crippen molar-refractivity contribution in [3.8, 4) is 5.75 Å². The van der Waals surface area contributed by atoms with Gasteiger partial charge in [-0.1, -0.05) is 0 Å². The van der Waals surface area contributed by atoms with Crippen LogP contribution in [0.4, 0.5) is 0 Å². The number of carbonyl (C=O) groups excluding carboxylic acids is 1. The zero-order chi connectivity index (χ0) is 17.6. The molecule has 0 spiro atoms. The van der Waals surface area contributed by atoms with Crippen molar-refractivity contribution in [1.82, 2.24) is 10.2 Å². The second kappa shape index (κ2) is 8.48. The maximum Gasteiger partial charge on any atom is 0.226 e. The minimum Gasteiger partial charge on any atom is -0.494 e. The second-order valence-electron chi connectivity index (χ2n) is 6.25. The van der Waals surface area contributed by atoms with Crippen LogP contribution in [0, 0.1) is 5.92 Å². The molecule has 1 heterocycles. The van der Waals surface area contributed by atoms with E-state index < -0.39 is 9.84 Å². The molecule has 1 saturated heterocycles. The number of sulfone groups is 1. The largest absolute Gasteiger partial charge is 0.494 e. The Bertz CT molecular complexity index is 637. The van der Waals surface area contributed by atoms with E-state index in [-0.39, 0.29) is 16.7 Å². The van der Waals surface area contributed by atoms with E-state index in [0.717, 1.165) is 32.4 Å². The van der Waals surface area contributed by atoms with Crippen LogP contribution in [0.15, 0.2) is 29.2 Å². The topological polar surface area (TPSA) is 75.7 Å². The summed E-state index contributed by atoms with van der Waals surface area (Å²) in [5, 5.41) is 3.26. The van der Waals surface area contributed by atoms with Gasteiger partial charge in [0.25, 0.3) is 0 Å². The highest BCUT2D eigenvalue weighted by atomic mass is 32.2. The predicted molar refractivity (Wildman–Crippen MR) is 92.9 cm³/mol. The van der Waals surface area contributed by atoms with Crippen LogP contribution in [-0.2, 0) is 14.6 Å². The van der Waals surface area contributed by atoms with Crippen molar-refractivity contribution < 1.29 is 17.9 Å². The van der Waals surface area contributed by atoms with Gasteiger partial charge < -0.3 is 15.0 Å². The quantitative estimate of drug-likeness (QED) is 0.748. The number of rotatable bonds is 7. The number of hydrogen-bond donors (Lipinski definition) is 1. The standard InChI is InChI=1S/C17H26N2O4S/c1-19(17(20)14-5-3-10-18-13-14)11-4-12-23-15-6-8-16(9-7-15)24(2,21)22/h6-9,14,18H,3-5,10-13H2,1-2H3. The molecular formula is C17H26N2O4S. The number of hydrogen-bond acceptors (Lipinski definition) is 5. The Hall–Kier alpha value is -1.60. The van der Waals surface area contributed by atoms with E-state index >= 15 is 0 Å². The van der Waals surface area contributed by atoms with Gasteiger partial charge in [-0.15, -0.1) is 0 Å². The van der Waals surface area contributed by atoms with Crippen molar-refractivity contribution in [2.24, 2.45) is 5.92 Å². The lowest BCUT2D eigenvalue weighted by Gasteiger charge is -2.27. The highest BCUT2D eigenvalue weighted by molar-refractivity contribution is 7.90. The maximum absolute atomic E-state index is 12.3. The molecule has 1 aliphatic heterocycles. The molecule has 24 heavy (non-hydrogen) atoms. The van der Waals surface area contributed by atoms with Gasteiger partial charge in [-0.05, 0) is 50.1 Å². The Morgan fingerprint density at radius 1 is 1.33 bits per heavy atom. The van der Waals surface area contributed by atoms with E-state index in [1.54, 1.807) is 17.0 Å². The van der Waals surface area contributed by atoms with Crippen LogP contribution in [0.1, 0.15) is 19.3 Å². The van der Waals surface area contributed by atoms with Gasteiger partial charge >= 0.3 is 0 Å². The third-order valence-corrected chi connectivity index (χ3v) is 5.31. The Morgan fingerprint density at radius 2 is 2.04 bits per heavy atom. The van der Waals surface area contributed by atoms with E-state index in [4.69, 9.17) is 4.74 Å². The van der Waals surface area contributed by atoms with Gasteiger partial charge in [0.2, 0.25) is 5.91 Å². The molecule has 1 fully saturated rings. The van der Waals surface area contributed by atoms with Crippen LogP contribution >= 0.6 is 0 Å². The lowest BCUT2D eigenvalue weighted by atomic mass is 9.98. The molecule has 0 aliphatic carbocycles. The van der Waals surface area contributed by atoms with Crippen LogP contribution < -0.4 is 10.1 Å². The molecule has 0 aromatic heterocycles. The van der Waals surface area contributed by atoms with Crippen molar-refractivity contribution in [2.45, 2.75) is 24.2 Å². The average molecular weight is 354 g/mol. The van der Waals surface area contributed by atoms with Gasteiger partial charge in [0.05, 0.1) is 17.4 Å². The molecule has 1 N–H and O–H groups in total. The van der Waals surface area contributed by atoms with Crippen LogP contribution in [-0.4, -0.2) is 58.8 Å². The average Bonchev–Trinajstić information content (AvgIpc) is 2.58. The van der Waals surface area contributed by atoms with Gasteiger partial charge in [-0.2, -0.15) is 0 Å². The fourth-order valence-electron chi connectivity index (χ4n) is 2.76. The van der Waals surface area contributed by atoms with E-state index in [1.165, 1.54) is 18.4 Å². The summed E-state index contributed by atoms with van der Waals surface area (Å²) in [6, 6.07) is 6.38. The van der Waals surface area contributed by atoms with Crippen molar-refractivity contribution in [3.63, 3.8) is 0 Å². The molecule has 0 bridgehead atoms. The second-order valence-corrected chi connectivity index (χ2v) is 8.26. The van der Waals surface area contributed by atoms with Crippen LogP contribution in [0.25, 0.3) is 0 Å². The summed E-state index contributed by atoms with van der Waals surface area (Å²) < 4.78 is 28.4. The third kappa shape index (κ3) is 5.49. The molecule has 1 aromatic rings. The van der Waals surface area contributed by atoms with Gasteiger partial charge in [0, 0.05) is 26.4 Å². The number of amides is 1. The summed E-state index contributed by atoms with van der Waals surface area (Å²) in [6.45, 7) is 2.90. The highest BCUT2D eigenvalue weighted by Gasteiger charge is 2.23. The predicted octanol–water partition coefficient (Wildman–Crippen LogP) is 1.32. The van der Waals surface area contributed by atoms with Crippen LogP contribution in [0.5, 0.6) is 5.75 Å². The molecule has 1 atom stereocenters. The molecule has 1 amide bonds. The van der Waals surface area contributed by atoms with Gasteiger partial charge in [-0.25, -0.2) is 8.42 Å². The van der Waals surface area contributed by atoms with E-state index in [0.29, 0.717) is 18.9 Å². The summed E-state index contributed by atoms with van der Waals surface area (Å²) in [6.07, 6.45) is 3.92. The zero-order valence-electron chi connectivity index (χ0n) is 14.3. The molecule has 134 valence electrons. The Kier molecular flexibility index (Phi) is 6.62. The fraction of sp³-hybridized carbons (Fsp3) is 0.588. The molecule has 0 radical (unpaired) electrons. The summed E-state index contributed by atoms with van der Waals surface area (Å²) in [5.41, 5.74) is 0. The molecule has 0 saturated carbocycles. The normalized spacial score (nSPS) is 18.2. The molecule has 1 unspecified atom stereocenters. The SMILES string of the molecule is CN(CCCOc1ccc(S(C)(=O)=O)cc1)C(=O)C1CCCNC1. The lowest BCUT2D eigenvalue weighted by molar-refractivity contribution is -0.134. The van der Waals surface area contributed by atoms with Crippen molar-refractivity contribution in [2.75, 3.05) is 39.5 Å². The van der Waals surface area contributed by atoms with Crippen molar-refractivity contribution in [3.05, 3.63) is 24.3 Å². The summed E-state index contributed by atoms with van der Waals surface area (Å²) in [5.74, 6) is 0.917. The van der Waals surface area contributed by atoms with Crippen LogP contribution in [0.2, 0.25) is 0 Å². The number of benzene rings is 1. The Labute approximate surface area is 144 Å². The fourth-order valence-corrected chi connectivity index (χ4v) is 3.39. The first-order valence-corrected chi connectivity index (χ1v) is 10.2. The molecule has 6 nitrogen and oxygen atoms in total. The molecule has 1 aliphatic rings. The lowest BCUT2D eigenvalue weighted by Crippen LogP contribution is -2.41. The summed E-state index contributed by atoms with van der Waals surface area (Å²) >= 11 is 0. The summed E-state index contributed by atoms with van der Waals surface area (Å²) in [4.78, 5) is 14.3. The van der Waals surface area contributed by atoms with Gasteiger partial charge in [0.1, 0.15) is 5.75 Å². The Morgan fingerprint density at radius 3 is 2.62 bits per heavy atom. The van der Waals surface area contributed by atoms with Crippen molar-refractivity contribution in [1.29, 1.82) is 0 Å². The van der Waals surface area contributed by atoms with Gasteiger partial charge in [-0.3, -0.25) is 4.79 Å². The zero-order valence-corrected chi connectivity index (χ0v) is 15.1. The first kappa shape index (κ1) is 18.7. The van der Waals surface area contributed by atoms with E-state index in [2.05, 4.69) is 5.32 Å². The highest BCUT2D eigenvalue weighted by Crippen LogP contribution is 2.16. The molecular weight excluding hydrogens is 328 g/mol. The minimum atomic E-state index is -3.18. The van der Waals surface area contributed by atoms with Crippen molar-refractivity contribution >= 4 is 15.7 Å². The first-order valence-electron chi connectivity index (χ1n) is 8.26. The monoisotopic (exact) mass is 354 g/mol. The summed E-state index contributed by atoms with van der Waals surface area (Å²) in [7, 11) is -1.35. The number of nitrogens with one attached hydrogen (secondary N) is 1. The first-order chi connectivity index (χ1) is 11.4. The van der Waals surface area contributed by atoms with E-state index in [1.807, 2.05) is 7.05 Å². The molecule has 2 rings (SSSR count). The minimum absolute atomic E-state index is 0.0909.